The van der Waals surface area contributed by atoms with Crippen LogP contribution in [0.2, 0.25) is 0 Å². The maximum absolute atomic E-state index is 13.0. The monoisotopic (exact) mass is 390 g/mol. The predicted molar refractivity (Wildman–Crippen MR) is 102 cm³/mol. The molecule has 1 heterocycles. The van der Waals surface area contributed by atoms with Gasteiger partial charge >= 0.3 is 0 Å². The van der Waals surface area contributed by atoms with Crippen molar-refractivity contribution in [3.63, 3.8) is 0 Å². The zero-order valence-electron chi connectivity index (χ0n) is 14.5. The molecule has 0 amide bonds. The fraction of sp³-hybridized carbons (Fsp3) is 0.211. The van der Waals surface area contributed by atoms with Crippen molar-refractivity contribution in [1.29, 1.82) is 0 Å². The van der Waals surface area contributed by atoms with Crippen LogP contribution in [0.1, 0.15) is 16.8 Å². The van der Waals surface area contributed by atoms with Crippen molar-refractivity contribution in [2.75, 3.05) is 6.54 Å². The van der Waals surface area contributed by atoms with Crippen molar-refractivity contribution in [3.05, 3.63) is 70.5 Å². The summed E-state index contributed by atoms with van der Waals surface area (Å²) >= 11 is 1.46. The molecule has 136 valence electrons. The van der Waals surface area contributed by atoms with Crippen LogP contribution in [0.4, 0.5) is 4.39 Å². The van der Waals surface area contributed by atoms with Crippen LogP contribution in [0.5, 0.6) is 0 Å². The van der Waals surface area contributed by atoms with Gasteiger partial charge < -0.3 is 0 Å². The summed E-state index contributed by atoms with van der Waals surface area (Å²) in [6.07, 6.45) is 0.488. The second kappa shape index (κ2) is 7.65. The van der Waals surface area contributed by atoms with Gasteiger partial charge in [-0.2, -0.15) is 0 Å². The molecular formula is C19H19FN2O2S2. The Morgan fingerprint density at radius 2 is 1.85 bits per heavy atom. The van der Waals surface area contributed by atoms with Crippen LogP contribution >= 0.6 is 11.3 Å². The molecule has 2 aromatic carbocycles. The highest BCUT2D eigenvalue weighted by Crippen LogP contribution is 2.24. The average Bonchev–Trinajstić information content (AvgIpc) is 3.04. The molecule has 7 heteroatoms. The van der Waals surface area contributed by atoms with E-state index in [-0.39, 0.29) is 12.4 Å². The lowest BCUT2D eigenvalue weighted by Gasteiger charge is -2.09. The van der Waals surface area contributed by atoms with E-state index in [0.29, 0.717) is 11.3 Å². The van der Waals surface area contributed by atoms with Crippen LogP contribution in [0.15, 0.2) is 52.7 Å². The molecule has 0 aliphatic rings. The Morgan fingerprint density at radius 3 is 2.54 bits per heavy atom. The fourth-order valence-corrected chi connectivity index (χ4v) is 4.76. The quantitative estimate of drug-likeness (QED) is 0.690. The first kappa shape index (κ1) is 18.7. The van der Waals surface area contributed by atoms with Crippen molar-refractivity contribution in [2.45, 2.75) is 25.2 Å². The van der Waals surface area contributed by atoms with Crippen molar-refractivity contribution in [1.82, 2.24) is 9.71 Å². The molecule has 0 fully saturated rings. The summed E-state index contributed by atoms with van der Waals surface area (Å²) in [7, 11) is -3.54. The third-order valence-corrected chi connectivity index (χ3v) is 6.50. The highest BCUT2D eigenvalue weighted by molar-refractivity contribution is 7.89. The molecule has 3 rings (SSSR count). The summed E-state index contributed by atoms with van der Waals surface area (Å²) in [6.45, 7) is 3.98. The fourth-order valence-electron chi connectivity index (χ4n) is 2.64. The number of aromatic nitrogens is 1. The number of rotatable bonds is 6. The number of hydrogen-bond acceptors (Lipinski definition) is 4. The first-order valence-corrected chi connectivity index (χ1v) is 10.5. The Bertz CT molecular complexity index is 1010. The van der Waals surface area contributed by atoms with Gasteiger partial charge in [0.2, 0.25) is 10.0 Å². The van der Waals surface area contributed by atoms with Gasteiger partial charge in [0.25, 0.3) is 0 Å². The van der Waals surface area contributed by atoms with E-state index in [1.54, 1.807) is 31.2 Å². The van der Waals surface area contributed by atoms with Gasteiger partial charge in [-0.15, -0.1) is 11.3 Å². The Labute approximate surface area is 156 Å². The second-order valence-corrected chi connectivity index (χ2v) is 8.66. The van der Waals surface area contributed by atoms with Gasteiger partial charge in [0.05, 0.1) is 10.6 Å². The van der Waals surface area contributed by atoms with E-state index in [1.807, 2.05) is 18.4 Å². The van der Waals surface area contributed by atoms with Crippen molar-refractivity contribution < 1.29 is 12.8 Å². The van der Waals surface area contributed by atoms with Gasteiger partial charge in [-0.3, -0.25) is 0 Å². The van der Waals surface area contributed by atoms with Crippen molar-refractivity contribution in [2.24, 2.45) is 0 Å². The molecule has 3 aromatic rings. The molecule has 0 saturated carbocycles. The lowest BCUT2D eigenvalue weighted by Crippen LogP contribution is -2.26. The van der Waals surface area contributed by atoms with E-state index >= 15 is 0 Å². The first-order valence-electron chi connectivity index (χ1n) is 8.12. The van der Waals surface area contributed by atoms with E-state index in [0.717, 1.165) is 27.4 Å². The molecule has 0 radical (unpaired) electrons. The molecule has 0 saturated heterocycles. The highest BCUT2D eigenvalue weighted by atomic mass is 32.2. The maximum Gasteiger partial charge on any atom is 0.240 e. The molecule has 4 nitrogen and oxygen atoms in total. The Kier molecular flexibility index (Phi) is 5.50. The van der Waals surface area contributed by atoms with Gasteiger partial charge in [0.1, 0.15) is 10.8 Å². The normalized spacial score (nSPS) is 11.7. The molecular weight excluding hydrogens is 371 g/mol. The summed E-state index contributed by atoms with van der Waals surface area (Å²) in [4.78, 5) is 4.79. The van der Waals surface area contributed by atoms with E-state index in [4.69, 9.17) is 0 Å². The molecule has 0 atom stereocenters. The number of benzene rings is 2. The van der Waals surface area contributed by atoms with Gasteiger partial charge in [-0.25, -0.2) is 22.5 Å². The van der Waals surface area contributed by atoms with Crippen LogP contribution in [0.3, 0.4) is 0 Å². The van der Waals surface area contributed by atoms with E-state index in [1.165, 1.54) is 23.5 Å². The molecule has 0 spiro atoms. The summed E-state index contributed by atoms with van der Waals surface area (Å²) in [6, 6.07) is 11.4. The van der Waals surface area contributed by atoms with Crippen LogP contribution in [-0.4, -0.2) is 19.9 Å². The number of halogens is 1. The summed E-state index contributed by atoms with van der Waals surface area (Å²) in [5.74, 6) is -0.286. The van der Waals surface area contributed by atoms with Crippen LogP contribution in [0, 0.1) is 19.7 Å². The number of sulfonamides is 1. The van der Waals surface area contributed by atoms with E-state index in [9.17, 15) is 12.8 Å². The van der Waals surface area contributed by atoms with Crippen LogP contribution in [-0.2, 0) is 16.4 Å². The van der Waals surface area contributed by atoms with Gasteiger partial charge in [-0.05, 0) is 49.7 Å². The third-order valence-electron chi connectivity index (χ3n) is 3.94. The molecule has 1 aromatic heterocycles. The Hall–Kier alpha value is -2.09. The lowest BCUT2D eigenvalue weighted by atomic mass is 10.2. The summed E-state index contributed by atoms with van der Waals surface area (Å²) in [5, 5.41) is 2.68. The number of aryl methyl sites for hydroxylation is 2. The SMILES string of the molecule is Cc1ccc(S(=O)(=O)NCCc2csc(-c3ccc(F)cc3)n2)c(C)c1. The molecule has 1 N–H and O–H groups in total. The maximum atomic E-state index is 13.0. The van der Waals surface area contributed by atoms with E-state index < -0.39 is 10.0 Å². The zero-order chi connectivity index (χ0) is 18.7. The highest BCUT2D eigenvalue weighted by Gasteiger charge is 2.16. The number of nitrogens with zero attached hydrogens (tertiary/aromatic N) is 1. The zero-order valence-corrected chi connectivity index (χ0v) is 16.1. The molecule has 26 heavy (non-hydrogen) atoms. The van der Waals surface area contributed by atoms with Gasteiger partial charge in [-0.1, -0.05) is 17.7 Å². The Balaban J connectivity index is 1.64. The first-order chi connectivity index (χ1) is 12.3. The summed E-state index contributed by atoms with van der Waals surface area (Å²) < 4.78 is 40.5. The summed E-state index contributed by atoms with van der Waals surface area (Å²) in [5.41, 5.74) is 3.40. The molecule has 0 unspecified atom stereocenters. The van der Waals surface area contributed by atoms with Crippen LogP contribution < -0.4 is 4.72 Å². The topological polar surface area (TPSA) is 59.1 Å². The van der Waals surface area contributed by atoms with Crippen molar-refractivity contribution >= 4 is 21.4 Å². The smallest absolute Gasteiger partial charge is 0.240 e. The molecule has 0 bridgehead atoms. The van der Waals surface area contributed by atoms with Crippen LogP contribution in [0.25, 0.3) is 10.6 Å². The number of hydrogen-bond donors (Lipinski definition) is 1. The number of nitrogens with one attached hydrogen (secondary N) is 1. The average molecular weight is 391 g/mol. The number of thiazole rings is 1. The molecule has 0 aliphatic carbocycles. The molecule has 0 aliphatic heterocycles. The second-order valence-electron chi connectivity index (χ2n) is 6.07. The predicted octanol–water partition coefficient (Wildman–Crippen LogP) is 4.09. The van der Waals surface area contributed by atoms with Gasteiger partial charge in [0.15, 0.2) is 0 Å². The minimum atomic E-state index is -3.54. The van der Waals surface area contributed by atoms with Crippen molar-refractivity contribution in [3.8, 4) is 10.6 Å². The largest absolute Gasteiger partial charge is 0.241 e. The lowest BCUT2D eigenvalue weighted by molar-refractivity contribution is 0.580. The minimum Gasteiger partial charge on any atom is -0.241 e. The minimum absolute atomic E-state index is 0.266. The Morgan fingerprint density at radius 1 is 1.12 bits per heavy atom. The van der Waals surface area contributed by atoms with Gasteiger partial charge in [0, 0.05) is 23.9 Å². The standard InChI is InChI=1S/C19H19FN2O2S2/c1-13-3-8-18(14(2)11-13)26(23,24)21-10-9-17-12-25-19(22-17)15-4-6-16(20)7-5-15/h3-8,11-12,21H,9-10H2,1-2H3. The third kappa shape index (κ3) is 4.35. The van der Waals surface area contributed by atoms with E-state index in [2.05, 4.69) is 9.71 Å².